The fourth-order valence-electron chi connectivity index (χ4n) is 4.33. The van der Waals surface area contributed by atoms with Crippen molar-refractivity contribution in [2.45, 2.75) is 39.3 Å². The van der Waals surface area contributed by atoms with Crippen molar-refractivity contribution in [1.29, 1.82) is 0 Å². The summed E-state index contributed by atoms with van der Waals surface area (Å²) in [5.41, 5.74) is 5.31. The summed E-state index contributed by atoms with van der Waals surface area (Å²) in [6, 6.07) is 11.9. The molecule has 4 heterocycles. The maximum Gasteiger partial charge on any atom is 0.307 e. The second-order valence-electron chi connectivity index (χ2n) is 8.00. The van der Waals surface area contributed by atoms with Crippen molar-refractivity contribution in [2.24, 2.45) is 0 Å². The summed E-state index contributed by atoms with van der Waals surface area (Å²) in [5.74, 6) is 0.614. The fourth-order valence-corrected chi connectivity index (χ4v) is 4.66. The minimum atomic E-state index is -0.262. The second-order valence-corrected chi connectivity index (χ2v) is 8.39. The van der Waals surface area contributed by atoms with Gasteiger partial charge in [-0.1, -0.05) is 12.1 Å². The van der Waals surface area contributed by atoms with E-state index in [-0.39, 0.29) is 24.5 Å². The lowest BCUT2D eigenvalue weighted by Gasteiger charge is -2.27. The van der Waals surface area contributed by atoms with Gasteiger partial charge in [-0.15, -0.1) is 0 Å². The van der Waals surface area contributed by atoms with Crippen molar-refractivity contribution >= 4 is 23.3 Å². The average Bonchev–Trinajstić information content (AvgIpc) is 3.28. The highest BCUT2D eigenvalue weighted by molar-refractivity contribution is 7.80. The molecule has 1 N–H and O–H groups in total. The number of methoxy groups -OCH3 is 1. The van der Waals surface area contributed by atoms with E-state index in [0.29, 0.717) is 11.7 Å². The molecule has 1 saturated heterocycles. The molecule has 166 valence electrons. The number of rotatable bonds is 6. The van der Waals surface area contributed by atoms with Gasteiger partial charge in [-0.25, -0.2) is 4.98 Å². The Labute approximate surface area is 193 Å². The highest BCUT2D eigenvalue weighted by Crippen LogP contribution is 2.41. The number of aromatic nitrogens is 3. The third-order valence-electron chi connectivity index (χ3n) is 5.90. The predicted octanol–water partition coefficient (Wildman–Crippen LogP) is 3.73. The molecule has 0 amide bonds. The highest BCUT2D eigenvalue weighted by Gasteiger charge is 2.41. The van der Waals surface area contributed by atoms with Gasteiger partial charge in [-0.05, 0) is 68.4 Å². The molecule has 8 heteroatoms. The molecule has 0 saturated carbocycles. The van der Waals surface area contributed by atoms with E-state index in [2.05, 4.69) is 50.7 Å². The molecule has 32 heavy (non-hydrogen) atoms. The van der Waals surface area contributed by atoms with E-state index in [4.69, 9.17) is 17.0 Å². The number of esters is 1. The highest BCUT2D eigenvalue weighted by atomic mass is 32.1. The zero-order valence-electron chi connectivity index (χ0n) is 18.7. The Kier molecular flexibility index (Phi) is 6.23. The summed E-state index contributed by atoms with van der Waals surface area (Å²) in [7, 11) is 1.40. The third kappa shape index (κ3) is 4.10. The van der Waals surface area contributed by atoms with Crippen molar-refractivity contribution in [2.75, 3.05) is 13.7 Å². The first-order valence-corrected chi connectivity index (χ1v) is 11.0. The Bertz CT molecular complexity index is 1130. The van der Waals surface area contributed by atoms with Crippen molar-refractivity contribution in [3.05, 3.63) is 77.0 Å². The van der Waals surface area contributed by atoms with Crippen molar-refractivity contribution < 1.29 is 9.53 Å². The Hall–Kier alpha value is -3.26. The van der Waals surface area contributed by atoms with E-state index >= 15 is 0 Å². The van der Waals surface area contributed by atoms with E-state index in [0.717, 1.165) is 34.0 Å². The molecule has 0 aliphatic carbocycles. The van der Waals surface area contributed by atoms with Gasteiger partial charge in [0.1, 0.15) is 5.82 Å². The van der Waals surface area contributed by atoms with Crippen LogP contribution < -0.4 is 5.32 Å². The van der Waals surface area contributed by atoms with E-state index in [9.17, 15) is 4.79 Å². The quantitative estimate of drug-likeness (QED) is 0.454. The van der Waals surface area contributed by atoms with Crippen LogP contribution in [-0.2, 0) is 9.53 Å². The van der Waals surface area contributed by atoms with Crippen molar-refractivity contribution in [3.63, 3.8) is 0 Å². The molecule has 1 aliphatic heterocycles. The number of carbonyl (C=O) groups is 1. The summed E-state index contributed by atoms with van der Waals surface area (Å²) in [5, 5.41) is 4.04. The largest absolute Gasteiger partial charge is 0.469 e. The molecular weight excluding hydrogens is 422 g/mol. The Balaban J connectivity index is 1.78. The first-order chi connectivity index (χ1) is 15.4. The number of thiocarbonyl (C=S) groups is 1. The van der Waals surface area contributed by atoms with Crippen LogP contribution in [0.2, 0.25) is 0 Å². The maximum atomic E-state index is 11.9. The average molecular weight is 450 g/mol. The Morgan fingerprint density at radius 2 is 2.00 bits per heavy atom. The Morgan fingerprint density at radius 1 is 1.19 bits per heavy atom. The van der Waals surface area contributed by atoms with Crippen LogP contribution in [0.4, 0.5) is 0 Å². The standard InChI is InChI=1S/C24H27N5O2S/c1-15-8-9-20(26-14-15)29-16(2)13-18(17(29)3)23-22(19-7-5-6-11-25-19)27-24(32)28(23)12-10-21(30)31-4/h5-9,11,13-14,22-23H,10,12H2,1-4H3,(H,27,32)/t22-,23+/m0/s1. The zero-order chi connectivity index (χ0) is 22.8. The molecule has 0 unspecified atom stereocenters. The first kappa shape index (κ1) is 22.0. The van der Waals surface area contributed by atoms with Crippen molar-refractivity contribution in [3.8, 4) is 5.82 Å². The van der Waals surface area contributed by atoms with Crippen LogP contribution in [0.1, 0.15) is 46.7 Å². The molecule has 1 fully saturated rings. The monoisotopic (exact) mass is 449 g/mol. The summed E-state index contributed by atoms with van der Waals surface area (Å²) >= 11 is 5.69. The molecule has 2 atom stereocenters. The van der Waals surface area contributed by atoms with Crippen LogP contribution in [0, 0.1) is 20.8 Å². The minimum Gasteiger partial charge on any atom is -0.469 e. The van der Waals surface area contributed by atoms with Crippen LogP contribution in [0.15, 0.2) is 48.8 Å². The molecule has 4 rings (SSSR count). The van der Waals surface area contributed by atoms with Crippen LogP contribution >= 0.6 is 12.2 Å². The normalized spacial score (nSPS) is 18.0. The van der Waals surface area contributed by atoms with Gasteiger partial charge in [-0.3, -0.25) is 9.78 Å². The zero-order valence-corrected chi connectivity index (χ0v) is 19.5. The van der Waals surface area contributed by atoms with Crippen LogP contribution in [-0.4, -0.2) is 44.2 Å². The van der Waals surface area contributed by atoms with Crippen LogP contribution in [0.3, 0.4) is 0 Å². The molecule has 0 aromatic carbocycles. The lowest BCUT2D eigenvalue weighted by Crippen LogP contribution is -2.32. The number of nitrogens with zero attached hydrogens (tertiary/aromatic N) is 4. The van der Waals surface area contributed by atoms with Gasteiger partial charge >= 0.3 is 5.97 Å². The molecular formula is C24H27N5O2S. The van der Waals surface area contributed by atoms with Crippen LogP contribution in [0.5, 0.6) is 0 Å². The van der Waals surface area contributed by atoms with Gasteiger partial charge < -0.3 is 19.5 Å². The molecule has 0 spiro atoms. The Morgan fingerprint density at radius 3 is 2.66 bits per heavy atom. The van der Waals surface area contributed by atoms with Gasteiger partial charge in [-0.2, -0.15) is 0 Å². The summed E-state index contributed by atoms with van der Waals surface area (Å²) < 4.78 is 7.01. The van der Waals surface area contributed by atoms with E-state index in [1.54, 1.807) is 6.20 Å². The molecule has 0 radical (unpaired) electrons. The SMILES string of the molecule is COC(=O)CCN1C(=S)N[C@@H](c2ccccn2)[C@H]1c1cc(C)n(-c2ccc(C)cn2)c1C. The van der Waals surface area contributed by atoms with E-state index in [1.807, 2.05) is 37.4 Å². The number of hydrogen-bond acceptors (Lipinski definition) is 5. The van der Waals surface area contributed by atoms with Crippen molar-refractivity contribution in [1.82, 2.24) is 24.8 Å². The number of hydrogen-bond donors (Lipinski definition) is 1. The first-order valence-electron chi connectivity index (χ1n) is 10.6. The predicted molar refractivity (Wildman–Crippen MR) is 127 cm³/mol. The number of ether oxygens (including phenoxy) is 1. The number of pyridine rings is 2. The van der Waals surface area contributed by atoms with Crippen LogP contribution in [0.25, 0.3) is 5.82 Å². The topological polar surface area (TPSA) is 72.3 Å². The van der Waals surface area contributed by atoms with Gasteiger partial charge in [0.25, 0.3) is 0 Å². The molecule has 3 aromatic heterocycles. The summed E-state index contributed by atoms with van der Waals surface area (Å²) in [4.78, 5) is 23.2. The smallest absolute Gasteiger partial charge is 0.307 e. The van der Waals surface area contributed by atoms with Gasteiger partial charge in [0, 0.05) is 30.3 Å². The van der Waals surface area contributed by atoms with Gasteiger partial charge in [0.15, 0.2) is 5.11 Å². The number of nitrogens with one attached hydrogen (secondary N) is 1. The lowest BCUT2D eigenvalue weighted by molar-refractivity contribution is -0.140. The molecule has 7 nitrogen and oxygen atoms in total. The summed E-state index contributed by atoms with van der Waals surface area (Å²) in [6.07, 6.45) is 3.91. The molecule has 1 aliphatic rings. The number of carbonyl (C=O) groups excluding carboxylic acids is 1. The van der Waals surface area contributed by atoms with E-state index in [1.165, 1.54) is 7.11 Å². The van der Waals surface area contributed by atoms with Gasteiger partial charge in [0.2, 0.25) is 0 Å². The summed E-state index contributed by atoms with van der Waals surface area (Å²) in [6.45, 7) is 6.66. The lowest BCUT2D eigenvalue weighted by atomic mass is 9.96. The minimum absolute atomic E-state index is 0.118. The number of aryl methyl sites for hydroxylation is 2. The molecule has 3 aromatic rings. The second kappa shape index (κ2) is 9.08. The molecule has 0 bridgehead atoms. The third-order valence-corrected chi connectivity index (χ3v) is 6.25. The van der Waals surface area contributed by atoms with E-state index < -0.39 is 0 Å². The fraction of sp³-hybridized carbons (Fsp3) is 0.333. The van der Waals surface area contributed by atoms with Gasteiger partial charge in [0.05, 0.1) is 31.3 Å². The maximum absolute atomic E-state index is 11.9.